The summed E-state index contributed by atoms with van der Waals surface area (Å²) in [6.07, 6.45) is 4.72. The maximum absolute atomic E-state index is 13.4. The van der Waals surface area contributed by atoms with E-state index < -0.39 is 0 Å². The van der Waals surface area contributed by atoms with E-state index >= 15 is 0 Å². The molecule has 2 amide bonds. The Hall–Kier alpha value is -2.95. The van der Waals surface area contributed by atoms with Gasteiger partial charge < -0.3 is 19.7 Å². The molecule has 0 aromatic heterocycles. The van der Waals surface area contributed by atoms with E-state index in [1.807, 2.05) is 35.2 Å². The van der Waals surface area contributed by atoms with Crippen LogP contribution in [0.4, 0.5) is 10.5 Å². The summed E-state index contributed by atoms with van der Waals surface area (Å²) in [6.45, 7) is 5.92. The van der Waals surface area contributed by atoms with Gasteiger partial charge in [-0.3, -0.25) is 0 Å². The molecule has 5 heteroatoms. The van der Waals surface area contributed by atoms with Gasteiger partial charge in [0.1, 0.15) is 11.5 Å². The molecule has 1 saturated carbocycles. The Morgan fingerprint density at radius 1 is 1.10 bits per heavy atom. The van der Waals surface area contributed by atoms with Gasteiger partial charge >= 0.3 is 6.03 Å². The van der Waals surface area contributed by atoms with E-state index in [1.165, 1.54) is 12.0 Å². The first-order chi connectivity index (χ1) is 14.9. The lowest BCUT2D eigenvalue weighted by molar-refractivity contribution is -0.00965. The summed E-state index contributed by atoms with van der Waals surface area (Å²) >= 11 is 0. The van der Waals surface area contributed by atoms with Gasteiger partial charge in [0.2, 0.25) is 0 Å². The maximum Gasteiger partial charge on any atom is 0.322 e. The standard InChI is InChI=1S/C26H32N2O3/c1-26(2)20-11-10-19(22(26)14-20)17-28(16-18-8-6-5-7-9-18)25(29)27-23-13-12-21(30-3)15-24(23)31-4/h5-10,12-13,15,20,22H,11,14,16-17H2,1-4H3,(H,27,29). The summed E-state index contributed by atoms with van der Waals surface area (Å²) in [7, 11) is 3.20. The molecule has 3 aliphatic rings. The summed E-state index contributed by atoms with van der Waals surface area (Å²) in [6, 6.07) is 15.4. The molecule has 1 fully saturated rings. The number of rotatable bonds is 7. The van der Waals surface area contributed by atoms with Crippen LogP contribution in [0.1, 0.15) is 32.3 Å². The predicted octanol–water partition coefficient (Wildman–Crippen LogP) is 5.73. The number of nitrogens with zero attached hydrogens (tertiary/aromatic N) is 1. The molecular weight excluding hydrogens is 388 g/mol. The molecule has 2 unspecified atom stereocenters. The number of fused-ring (bicyclic) bond motifs is 1. The number of urea groups is 1. The number of nitrogens with one attached hydrogen (secondary N) is 1. The van der Waals surface area contributed by atoms with E-state index in [0.717, 1.165) is 17.9 Å². The van der Waals surface area contributed by atoms with Crippen LogP contribution in [-0.4, -0.2) is 31.7 Å². The molecule has 2 bridgehead atoms. The molecule has 0 heterocycles. The molecule has 2 atom stereocenters. The molecule has 31 heavy (non-hydrogen) atoms. The molecule has 0 radical (unpaired) electrons. The monoisotopic (exact) mass is 420 g/mol. The third-order valence-corrected chi connectivity index (χ3v) is 7.11. The molecule has 3 aliphatic carbocycles. The van der Waals surface area contributed by atoms with E-state index in [2.05, 4.69) is 37.4 Å². The van der Waals surface area contributed by atoms with Crippen molar-refractivity contribution in [2.75, 3.05) is 26.1 Å². The Morgan fingerprint density at radius 3 is 2.52 bits per heavy atom. The fraction of sp³-hybridized carbons (Fsp3) is 0.423. The highest BCUT2D eigenvalue weighted by Crippen LogP contribution is 2.59. The quantitative estimate of drug-likeness (QED) is 0.582. The van der Waals surface area contributed by atoms with Gasteiger partial charge in [0.15, 0.2) is 0 Å². The normalized spacial score (nSPS) is 20.8. The van der Waals surface area contributed by atoms with Gasteiger partial charge in [-0.15, -0.1) is 0 Å². The molecule has 2 aromatic rings. The van der Waals surface area contributed by atoms with Gasteiger partial charge in [0.05, 0.1) is 19.9 Å². The zero-order chi connectivity index (χ0) is 22.0. The van der Waals surface area contributed by atoms with Crippen molar-refractivity contribution in [3.05, 3.63) is 65.7 Å². The smallest absolute Gasteiger partial charge is 0.322 e. The number of anilines is 1. The van der Waals surface area contributed by atoms with Gasteiger partial charge in [0, 0.05) is 19.2 Å². The summed E-state index contributed by atoms with van der Waals surface area (Å²) in [5, 5.41) is 3.05. The number of hydrogen-bond acceptors (Lipinski definition) is 3. The number of carbonyl (C=O) groups is 1. The third-order valence-electron chi connectivity index (χ3n) is 7.11. The number of allylic oxidation sites excluding steroid dienone is 1. The van der Waals surface area contributed by atoms with Crippen LogP contribution in [0.15, 0.2) is 60.2 Å². The first kappa shape index (κ1) is 21.3. The van der Waals surface area contributed by atoms with E-state index in [1.54, 1.807) is 20.3 Å². The zero-order valence-electron chi connectivity index (χ0n) is 18.9. The largest absolute Gasteiger partial charge is 0.497 e. The third kappa shape index (κ3) is 4.27. The number of methoxy groups -OCH3 is 2. The first-order valence-electron chi connectivity index (χ1n) is 10.9. The van der Waals surface area contributed by atoms with Crippen LogP contribution in [0.3, 0.4) is 0 Å². The highest BCUT2D eigenvalue weighted by atomic mass is 16.5. The van der Waals surface area contributed by atoms with Crippen molar-refractivity contribution in [3.8, 4) is 11.5 Å². The lowest BCUT2D eigenvalue weighted by Crippen LogP contribution is -2.50. The number of ether oxygens (including phenoxy) is 2. The summed E-state index contributed by atoms with van der Waals surface area (Å²) in [5.74, 6) is 2.60. The second kappa shape index (κ2) is 8.66. The van der Waals surface area contributed by atoms with Crippen molar-refractivity contribution in [3.63, 3.8) is 0 Å². The Morgan fingerprint density at radius 2 is 1.87 bits per heavy atom. The van der Waals surface area contributed by atoms with Crippen molar-refractivity contribution in [2.45, 2.75) is 33.2 Å². The molecule has 164 valence electrons. The fourth-order valence-electron chi connectivity index (χ4n) is 4.98. The zero-order valence-corrected chi connectivity index (χ0v) is 18.9. The van der Waals surface area contributed by atoms with Crippen molar-refractivity contribution in [2.24, 2.45) is 17.3 Å². The van der Waals surface area contributed by atoms with Gasteiger partial charge in [0.25, 0.3) is 0 Å². The van der Waals surface area contributed by atoms with Crippen LogP contribution < -0.4 is 14.8 Å². The number of benzene rings is 2. The van der Waals surface area contributed by atoms with Crippen LogP contribution >= 0.6 is 0 Å². The van der Waals surface area contributed by atoms with Gasteiger partial charge in [-0.05, 0) is 47.8 Å². The Kier molecular flexibility index (Phi) is 5.94. The van der Waals surface area contributed by atoms with Crippen molar-refractivity contribution in [1.29, 1.82) is 0 Å². The Balaban J connectivity index is 1.55. The fourth-order valence-corrected chi connectivity index (χ4v) is 4.98. The summed E-state index contributed by atoms with van der Waals surface area (Å²) in [5.41, 5.74) is 3.47. The second-order valence-corrected chi connectivity index (χ2v) is 9.16. The molecule has 0 aliphatic heterocycles. The van der Waals surface area contributed by atoms with Crippen LogP contribution in [0.5, 0.6) is 11.5 Å². The lowest BCUT2D eigenvalue weighted by Gasteiger charge is -2.57. The molecule has 5 rings (SSSR count). The first-order valence-corrected chi connectivity index (χ1v) is 10.9. The second-order valence-electron chi connectivity index (χ2n) is 9.16. The highest BCUT2D eigenvalue weighted by molar-refractivity contribution is 5.91. The topological polar surface area (TPSA) is 50.8 Å². The molecule has 1 N–H and O–H groups in total. The minimum atomic E-state index is -0.132. The minimum Gasteiger partial charge on any atom is -0.497 e. The molecule has 0 saturated heterocycles. The van der Waals surface area contributed by atoms with E-state index in [-0.39, 0.29) is 6.03 Å². The molecule has 2 aromatic carbocycles. The average molecular weight is 421 g/mol. The Bertz CT molecular complexity index is 968. The van der Waals surface area contributed by atoms with Crippen molar-refractivity contribution >= 4 is 11.7 Å². The predicted molar refractivity (Wildman–Crippen MR) is 123 cm³/mol. The van der Waals surface area contributed by atoms with Crippen LogP contribution in [0.2, 0.25) is 0 Å². The van der Waals surface area contributed by atoms with E-state index in [9.17, 15) is 4.79 Å². The van der Waals surface area contributed by atoms with Crippen molar-refractivity contribution < 1.29 is 14.3 Å². The summed E-state index contributed by atoms with van der Waals surface area (Å²) in [4.78, 5) is 15.3. The van der Waals surface area contributed by atoms with Gasteiger partial charge in [-0.2, -0.15) is 0 Å². The van der Waals surface area contributed by atoms with Crippen LogP contribution in [0, 0.1) is 17.3 Å². The number of hydrogen-bond donors (Lipinski definition) is 1. The number of carbonyl (C=O) groups excluding carboxylic acids is 1. The van der Waals surface area contributed by atoms with Gasteiger partial charge in [-0.1, -0.05) is 55.8 Å². The average Bonchev–Trinajstić information content (AvgIpc) is 2.79. The minimum absolute atomic E-state index is 0.132. The van der Waals surface area contributed by atoms with E-state index in [4.69, 9.17) is 9.47 Å². The maximum atomic E-state index is 13.4. The number of amides is 2. The van der Waals surface area contributed by atoms with Crippen LogP contribution in [-0.2, 0) is 6.54 Å². The lowest BCUT2D eigenvalue weighted by atomic mass is 9.49. The molecule has 0 spiro atoms. The van der Waals surface area contributed by atoms with E-state index in [0.29, 0.717) is 41.6 Å². The SMILES string of the molecule is COc1ccc(NC(=O)N(CC2=CCC3CC2C3(C)C)Cc2ccccc2)c(OC)c1. The van der Waals surface area contributed by atoms with Crippen molar-refractivity contribution in [1.82, 2.24) is 4.90 Å². The van der Waals surface area contributed by atoms with Gasteiger partial charge in [-0.25, -0.2) is 4.79 Å². The van der Waals surface area contributed by atoms with Crippen LogP contribution in [0.25, 0.3) is 0 Å². The Labute approximate surface area is 185 Å². The molecule has 5 nitrogen and oxygen atoms in total. The summed E-state index contributed by atoms with van der Waals surface area (Å²) < 4.78 is 10.7. The highest BCUT2D eigenvalue weighted by Gasteiger charge is 2.51. The molecular formula is C26H32N2O3.